The van der Waals surface area contributed by atoms with Gasteiger partial charge in [-0.2, -0.15) is 0 Å². The maximum atomic E-state index is 13.3. The summed E-state index contributed by atoms with van der Waals surface area (Å²) >= 11 is 6.15. The normalized spacial score (nSPS) is 24.2. The summed E-state index contributed by atoms with van der Waals surface area (Å²) in [5.74, 6) is -0.231. The molecule has 1 heterocycles. The van der Waals surface area contributed by atoms with Crippen LogP contribution in [0.25, 0.3) is 0 Å². The van der Waals surface area contributed by atoms with Crippen molar-refractivity contribution in [2.45, 2.75) is 19.3 Å². The van der Waals surface area contributed by atoms with Gasteiger partial charge in [-0.25, -0.2) is 4.39 Å². The van der Waals surface area contributed by atoms with E-state index in [0.29, 0.717) is 11.6 Å². The fraction of sp³-hybridized carbons (Fsp3) is 0.571. The number of ether oxygens (including phenoxy) is 1. The summed E-state index contributed by atoms with van der Waals surface area (Å²) in [5.41, 5.74) is 0.905. The molecule has 0 amide bonds. The lowest BCUT2D eigenvalue weighted by Crippen LogP contribution is -2.41. The van der Waals surface area contributed by atoms with Gasteiger partial charge in [-0.15, -0.1) is 0 Å². The fourth-order valence-corrected chi connectivity index (χ4v) is 2.89. The highest BCUT2D eigenvalue weighted by Gasteiger charge is 2.33. The number of halogens is 2. The maximum Gasteiger partial charge on any atom is 0.123 e. The number of benzene rings is 1. The van der Waals surface area contributed by atoms with Crippen LogP contribution in [0.2, 0.25) is 5.02 Å². The van der Waals surface area contributed by atoms with Crippen molar-refractivity contribution in [3.63, 3.8) is 0 Å². The van der Waals surface area contributed by atoms with Crippen LogP contribution in [-0.4, -0.2) is 26.8 Å². The molecule has 1 aromatic carbocycles. The first kappa shape index (κ1) is 13.8. The summed E-state index contributed by atoms with van der Waals surface area (Å²) in [6.45, 7) is 2.39. The molecule has 1 saturated heterocycles. The molecule has 1 aromatic rings. The van der Waals surface area contributed by atoms with E-state index in [1.54, 1.807) is 6.07 Å². The van der Waals surface area contributed by atoms with E-state index < -0.39 is 0 Å². The maximum absolute atomic E-state index is 13.3. The molecule has 1 aliphatic rings. The summed E-state index contributed by atoms with van der Waals surface area (Å²) < 4.78 is 18.9. The number of hydrogen-bond acceptors (Lipinski definition) is 2. The van der Waals surface area contributed by atoms with Gasteiger partial charge >= 0.3 is 0 Å². The second kappa shape index (κ2) is 6.00. The van der Waals surface area contributed by atoms with Gasteiger partial charge in [0, 0.05) is 23.6 Å². The third-order valence-corrected chi connectivity index (χ3v) is 3.90. The smallest absolute Gasteiger partial charge is 0.123 e. The average molecular weight is 272 g/mol. The summed E-state index contributed by atoms with van der Waals surface area (Å²) in [6, 6.07) is 4.56. The quantitative estimate of drug-likeness (QED) is 0.909. The zero-order valence-corrected chi connectivity index (χ0v) is 11.4. The summed E-state index contributed by atoms with van der Waals surface area (Å²) in [7, 11) is 1.93. The molecule has 0 radical (unpaired) electrons. The van der Waals surface area contributed by atoms with E-state index >= 15 is 0 Å². The molecule has 1 N–H and O–H groups in total. The molecule has 18 heavy (non-hydrogen) atoms. The lowest BCUT2D eigenvalue weighted by Gasteiger charge is -2.37. The van der Waals surface area contributed by atoms with Gasteiger partial charge < -0.3 is 10.1 Å². The minimum atomic E-state index is -0.231. The van der Waals surface area contributed by atoms with Crippen LogP contribution in [-0.2, 0) is 11.2 Å². The molecule has 0 spiro atoms. The Balaban J connectivity index is 2.19. The van der Waals surface area contributed by atoms with E-state index in [-0.39, 0.29) is 11.2 Å². The van der Waals surface area contributed by atoms with E-state index in [9.17, 15) is 4.39 Å². The molecule has 0 aromatic heterocycles. The minimum absolute atomic E-state index is 0.0322. The minimum Gasteiger partial charge on any atom is -0.381 e. The van der Waals surface area contributed by atoms with E-state index in [4.69, 9.17) is 16.3 Å². The van der Waals surface area contributed by atoms with Crippen molar-refractivity contribution in [1.82, 2.24) is 5.32 Å². The van der Waals surface area contributed by atoms with Gasteiger partial charge in [0.2, 0.25) is 0 Å². The van der Waals surface area contributed by atoms with Crippen molar-refractivity contribution in [3.8, 4) is 0 Å². The molecule has 4 heteroatoms. The zero-order valence-electron chi connectivity index (χ0n) is 10.6. The van der Waals surface area contributed by atoms with Gasteiger partial charge in [0.05, 0.1) is 6.61 Å². The van der Waals surface area contributed by atoms with Crippen LogP contribution in [0.3, 0.4) is 0 Å². The van der Waals surface area contributed by atoms with Gasteiger partial charge in [-0.1, -0.05) is 11.6 Å². The largest absolute Gasteiger partial charge is 0.381 e. The molecular weight excluding hydrogens is 253 g/mol. The van der Waals surface area contributed by atoms with Crippen LogP contribution in [0.15, 0.2) is 18.2 Å². The molecule has 0 saturated carbocycles. The van der Waals surface area contributed by atoms with E-state index in [2.05, 4.69) is 5.32 Å². The van der Waals surface area contributed by atoms with Crippen molar-refractivity contribution in [2.75, 3.05) is 26.8 Å². The predicted octanol–water partition coefficient (Wildman–Crippen LogP) is 3.04. The Morgan fingerprint density at radius 1 is 1.50 bits per heavy atom. The first-order valence-corrected chi connectivity index (χ1v) is 6.69. The summed E-state index contributed by atoms with van der Waals surface area (Å²) in [4.78, 5) is 0. The predicted molar refractivity (Wildman–Crippen MR) is 71.5 cm³/mol. The van der Waals surface area contributed by atoms with E-state index in [1.165, 1.54) is 12.1 Å². The van der Waals surface area contributed by atoms with Crippen LogP contribution in [0.1, 0.15) is 18.4 Å². The number of hydrogen-bond donors (Lipinski definition) is 1. The van der Waals surface area contributed by atoms with Crippen molar-refractivity contribution < 1.29 is 9.13 Å². The SMILES string of the molecule is CNCC1(Cc2cc(F)ccc2Cl)CCCOC1. The van der Waals surface area contributed by atoms with Gasteiger partial charge in [0.25, 0.3) is 0 Å². The van der Waals surface area contributed by atoms with Gasteiger partial charge in [-0.05, 0) is 50.1 Å². The lowest BCUT2D eigenvalue weighted by molar-refractivity contribution is -0.00625. The Labute approximate surface area is 112 Å². The monoisotopic (exact) mass is 271 g/mol. The fourth-order valence-electron chi connectivity index (χ4n) is 2.71. The van der Waals surface area contributed by atoms with E-state index in [0.717, 1.165) is 38.0 Å². The third kappa shape index (κ3) is 3.22. The van der Waals surface area contributed by atoms with Crippen molar-refractivity contribution in [2.24, 2.45) is 5.41 Å². The highest BCUT2D eigenvalue weighted by molar-refractivity contribution is 6.31. The molecule has 1 aliphatic heterocycles. The third-order valence-electron chi connectivity index (χ3n) is 3.53. The number of rotatable bonds is 4. The van der Waals surface area contributed by atoms with Crippen molar-refractivity contribution in [1.29, 1.82) is 0 Å². The van der Waals surface area contributed by atoms with Gasteiger partial charge in [0.1, 0.15) is 5.82 Å². The molecular formula is C14H19ClFNO. The van der Waals surface area contributed by atoms with Crippen LogP contribution < -0.4 is 5.32 Å². The number of nitrogens with one attached hydrogen (secondary N) is 1. The zero-order chi connectivity index (χ0) is 13.0. The second-order valence-corrected chi connectivity index (χ2v) is 5.51. The van der Waals surface area contributed by atoms with Gasteiger partial charge in [-0.3, -0.25) is 0 Å². The molecule has 2 rings (SSSR count). The Kier molecular flexibility index (Phi) is 4.60. The lowest BCUT2D eigenvalue weighted by atomic mass is 9.77. The summed E-state index contributed by atoms with van der Waals surface area (Å²) in [6.07, 6.45) is 2.89. The molecule has 0 aliphatic carbocycles. The first-order chi connectivity index (χ1) is 8.65. The summed E-state index contributed by atoms with van der Waals surface area (Å²) in [5, 5.41) is 3.85. The van der Waals surface area contributed by atoms with Crippen molar-refractivity contribution >= 4 is 11.6 Å². The molecule has 1 unspecified atom stereocenters. The average Bonchev–Trinajstić information content (AvgIpc) is 2.35. The Morgan fingerprint density at radius 3 is 3.00 bits per heavy atom. The van der Waals surface area contributed by atoms with Gasteiger partial charge in [0.15, 0.2) is 0 Å². The molecule has 100 valence electrons. The van der Waals surface area contributed by atoms with Crippen molar-refractivity contribution in [3.05, 3.63) is 34.6 Å². The highest BCUT2D eigenvalue weighted by Crippen LogP contribution is 2.34. The van der Waals surface area contributed by atoms with Crippen LogP contribution in [0.5, 0.6) is 0 Å². The Morgan fingerprint density at radius 2 is 2.33 bits per heavy atom. The second-order valence-electron chi connectivity index (χ2n) is 5.10. The standard InChI is InChI=1S/C14H19ClFNO/c1-17-9-14(5-2-6-18-10-14)8-11-7-12(16)3-4-13(11)15/h3-4,7,17H,2,5-6,8-10H2,1H3. The molecule has 1 atom stereocenters. The Hall–Kier alpha value is -0.640. The molecule has 1 fully saturated rings. The molecule has 0 bridgehead atoms. The Bertz CT molecular complexity index is 399. The van der Waals surface area contributed by atoms with Crippen LogP contribution in [0, 0.1) is 11.2 Å². The first-order valence-electron chi connectivity index (χ1n) is 6.31. The highest BCUT2D eigenvalue weighted by atomic mass is 35.5. The van der Waals surface area contributed by atoms with Crippen LogP contribution >= 0.6 is 11.6 Å². The van der Waals surface area contributed by atoms with E-state index in [1.807, 2.05) is 7.05 Å². The van der Waals surface area contributed by atoms with Crippen LogP contribution in [0.4, 0.5) is 4.39 Å². The topological polar surface area (TPSA) is 21.3 Å². The molecule has 2 nitrogen and oxygen atoms in total.